The van der Waals surface area contributed by atoms with Gasteiger partial charge in [-0.3, -0.25) is 14.5 Å². The van der Waals surface area contributed by atoms with Gasteiger partial charge in [0.05, 0.1) is 57.9 Å². The molecule has 0 aliphatic heterocycles. The third kappa shape index (κ3) is 4.16. The molecule has 188 valence electrons. The van der Waals surface area contributed by atoms with E-state index in [0.717, 1.165) is 44.5 Å². The number of hydrogen-bond donors (Lipinski definition) is 0. The fourth-order valence-corrected chi connectivity index (χ4v) is 4.60. The molecule has 0 saturated carbocycles. The first-order valence-corrected chi connectivity index (χ1v) is 12.3. The van der Waals surface area contributed by atoms with Crippen molar-refractivity contribution in [3.63, 3.8) is 0 Å². The van der Waals surface area contributed by atoms with E-state index in [9.17, 15) is 10.5 Å². The zero-order chi connectivity index (χ0) is 27.0. The highest BCUT2D eigenvalue weighted by molar-refractivity contribution is 6.04. The van der Waals surface area contributed by atoms with E-state index in [0.29, 0.717) is 11.3 Å². The Bertz CT molecular complexity index is 1830. The fraction of sp³-hybridized carbons (Fsp3) is 0.233. The van der Waals surface area contributed by atoms with Crippen LogP contribution in [-0.4, -0.2) is 25.2 Å². The maximum Gasteiger partial charge on any atom is 0.226 e. The number of aromatic nitrogens is 4. The second kappa shape index (κ2) is 9.49. The van der Waals surface area contributed by atoms with Crippen LogP contribution in [0, 0.1) is 22.8 Å². The van der Waals surface area contributed by atoms with Crippen molar-refractivity contribution in [1.82, 2.24) is 19.1 Å². The number of hydrogen-bond acceptors (Lipinski definition) is 6. The van der Waals surface area contributed by atoms with Crippen LogP contribution in [0.3, 0.4) is 0 Å². The number of nitriles is 2. The summed E-state index contributed by atoms with van der Waals surface area (Å²) < 4.78 is 9.85. The highest BCUT2D eigenvalue weighted by atomic mass is 16.5. The van der Waals surface area contributed by atoms with Crippen molar-refractivity contribution in [2.75, 3.05) is 0 Å². The van der Waals surface area contributed by atoms with Crippen molar-refractivity contribution in [3.05, 3.63) is 78.3 Å². The third-order valence-corrected chi connectivity index (χ3v) is 6.54. The molecule has 0 amide bonds. The van der Waals surface area contributed by atoms with Gasteiger partial charge in [0.2, 0.25) is 11.8 Å². The Morgan fingerprint density at radius 2 is 1.79 bits per heavy atom. The van der Waals surface area contributed by atoms with Crippen LogP contribution in [0.1, 0.15) is 33.4 Å². The second-order valence-corrected chi connectivity index (χ2v) is 9.93. The first-order chi connectivity index (χ1) is 18.2. The Hall–Kier alpha value is -4.95. The van der Waals surface area contributed by atoms with Gasteiger partial charge in [-0.25, -0.2) is 0 Å². The predicted octanol–water partition coefficient (Wildman–Crippen LogP) is 5.55. The molecule has 3 heterocycles. The number of benzene rings is 2. The number of nitrogens with zero attached hydrogens (tertiary/aromatic N) is 7. The molecule has 0 aliphatic carbocycles. The Balaban J connectivity index is 1.82. The molecular weight excluding hydrogens is 474 g/mol. The maximum atomic E-state index is 9.53. The Morgan fingerprint density at radius 1 is 1.00 bits per heavy atom. The van der Waals surface area contributed by atoms with Gasteiger partial charge >= 0.3 is 0 Å². The lowest BCUT2D eigenvalue weighted by Gasteiger charge is -2.16. The first kappa shape index (κ1) is 24.7. The van der Waals surface area contributed by atoms with Gasteiger partial charge in [0, 0.05) is 18.0 Å². The van der Waals surface area contributed by atoms with Gasteiger partial charge in [-0.1, -0.05) is 24.3 Å². The minimum atomic E-state index is -0.723. The fourth-order valence-electron chi connectivity index (χ4n) is 4.60. The number of aryl methyl sites for hydroxylation is 1. The molecule has 38 heavy (non-hydrogen) atoms. The van der Waals surface area contributed by atoms with Crippen LogP contribution in [0.25, 0.3) is 38.8 Å². The van der Waals surface area contributed by atoms with Crippen molar-refractivity contribution in [3.8, 4) is 34.8 Å². The Kier molecular flexibility index (Phi) is 6.18. The van der Waals surface area contributed by atoms with E-state index in [1.54, 1.807) is 12.4 Å². The van der Waals surface area contributed by atoms with Crippen molar-refractivity contribution in [1.29, 1.82) is 10.5 Å². The molecule has 5 rings (SSSR count). The van der Waals surface area contributed by atoms with Gasteiger partial charge in [0.15, 0.2) is 0 Å². The molecule has 8 nitrogen and oxygen atoms in total. The van der Waals surface area contributed by atoms with E-state index in [1.807, 2.05) is 98.6 Å². The van der Waals surface area contributed by atoms with E-state index >= 15 is 0 Å². The molecule has 0 fully saturated rings. The van der Waals surface area contributed by atoms with Gasteiger partial charge in [-0.15, -0.1) is 4.99 Å². The summed E-state index contributed by atoms with van der Waals surface area (Å²) in [6.45, 7) is 7.68. The summed E-state index contributed by atoms with van der Waals surface area (Å²) in [6, 6.07) is 20.1. The summed E-state index contributed by atoms with van der Waals surface area (Å²) in [5, 5.41) is 19.9. The quantitative estimate of drug-likeness (QED) is 0.294. The summed E-state index contributed by atoms with van der Waals surface area (Å²) in [4.78, 5) is 13.4. The van der Waals surface area contributed by atoms with Crippen LogP contribution in [0.5, 0.6) is 5.75 Å². The summed E-state index contributed by atoms with van der Waals surface area (Å²) in [7, 11) is 1.86. The smallest absolute Gasteiger partial charge is 0.226 e. The highest BCUT2D eigenvalue weighted by Crippen LogP contribution is 2.34. The summed E-state index contributed by atoms with van der Waals surface area (Å²) in [5.41, 5.74) is 5.56. The van der Waals surface area contributed by atoms with E-state index in [4.69, 9.17) is 9.72 Å². The normalized spacial score (nSPS) is 12.2. The zero-order valence-electron chi connectivity index (χ0n) is 22.0. The number of pyridine rings is 2. The molecule has 0 unspecified atom stereocenters. The minimum Gasteiger partial charge on any atom is -0.490 e. The van der Waals surface area contributed by atoms with Crippen LogP contribution in [0.15, 0.2) is 72.0 Å². The van der Waals surface area contributed by atoms with Crippen molar-refractivity contribution >= 4 is 21.9 Å². The molecule has 0 radical (unpaired) electrons. The summed E-state index contributed by atoms with van der Waals surface area (Å²) >= 11 is 0. The average molecular weight is 502 g/mol. The topological polar surface area (TPSA) is 105 Å². The number of fused-ring (bicyclic) bond motifs is 3. The lowest BCUT2D eigenvalue weighted by atomic mass is 9.91. The van der Waals surface area contributed by atoms with Crippen molar-refractivity contribution < 1.29 is 4.74 Å². The summed E-state index contributed by atoms with van der Waals surface area (Å²) in [5.74, 6) is 0.808. The molecular formula is C30H27N7O. The molecule has 5 aromatic rings. The van der Waals surface area contributed by atoms with Gasteiger partial charge in [0.1, 0.15) is 5.75 Å². The lowest BCUT2D eigenvalue weighted by molar-refractivity contribution is 0.243. The van der Waals surface area contributed by atoms with Crippen LogP contribution in [0.2, 0.25) is 0 Å². The highest BCUT2D eigenvalue weighted by Gasteiger charge is 2.22. The maximum absolute atomic E-state index is 9.53. The van der Waals surface area contributed by atoms with E-state index in [1.165, 1.54) is 0 Å². The number of imidazole rings is 1. The van der Waals surface area contributed by atoms with E-state index < -0.39 is 5.41 Å². The Morgan fingerprint density at radius 3 is 2.47 bits per heavy atom. The van der Waals surface area contributed by atoms with Crippen LogP contribution in [0.4, 0.5) is 0 Å². The molecule has 0 atom stereocenters. The number of para-hydroxylation sites is 1. The number of ether oxygens (including phenoxy) is 1. The van der Waals surface area contributed by atoms with Gasteiger partial charge in [0.25, 0.3) is 0 Å². The molecule has 0 N–H and O–H groups in total. The van der Waals surface area contributed by atoms with Crippen LogP contribution in [-0.2, 0) is 12.5 Å². The molecule has 0 aliphatic rings. The molecule has 2 aromatic carbocycles. The average Bonchev–Trinajstić information content (AvgIpc) is 3.20. The molecule has 0 saturated heterocycles. The lowest BCUT2D eigenvalue weighted by Crippen LogP contribution is -2.23. The van der Waals surface area contributed by atoms with Crippen LogP contribution < -0.4 is 10.4 Å². The predicted molar refractivity (Wildman–Crippen MR) is 146 cm³/mol. The standard InChI is InChI=1S/C30H27N7O/c1-19(2)38-26-9-7-6-8-22(26)20-10-12-24-23(14-20)28-25(16-33-24)36(5)29(35-18-32)37(28)21-11-13-27(34-15-21)30(3,4)17-31/h6-16,19H,1-5H3. The zero-order valence-corrected chi connectivity index (χ0v) is 22.0. The summed E-state index contributed by atoms with van der Waals surface area (Å²) in [6.07, 6.45) is 5.48. The van der Waals surface area contributed by atoms with Crippen molar-refractivity contribution in [2.24, 2.45) is 12.0 Å². The number of rotatable bonds is 5. The monoisotopic (exact) mass is 501 g/mol. The van der Waals surface area contributed by atoms with Crippen molar-refractivity contribution in [2.45, 2.75) is 39.2 Å². The Labute approximate surface area is 220 Å². The van der Waals surface area contributed by atoms with Gasteiger partial charge in [-0.05, 0) is 63.6 Å². The molecule has 0 spiro atoms. The van der Waals surface area contributed by atoms with E-state index in [2.05, 4.69) is 22.1 Å². The van der Waals surface area contributed by atoms with Gasteiger partial charge in [-0.2, -0.15) is 10.5 Å². The molecule has 3 aromatic heterocycles. The minimum absolute atomic E-state index is 0.0397. The van der Waals surface area contributed by atoms with Gasteiger partial charge < -0.3 is 9.30 Å². The first-order valence-electron chi connectivity index (χ1n) is 12.3. The second-order valence-electron chi connectivity index (χ2n) is 9.93. The van der Waals surface area contributed by atoms with E-state index in [-0.39, 0.29) is 6.10 Å². The molecule has 0 bridgehead atoms. The molecule has 8 heteroatoms. The third-order valence-electron chi connectivity index (χ3n) is 6.54. The SMILES string of the molecule is CC(C)Oc1ccccc1-c1ccc2ncc3c(c2c1)n(-c1ccc(C(C)(C)C#N)nc1)c(=NC#N)n3C. The largest absolute Gasteiger partial charge is 0.490 e. The van der Waals surface area contributed by atoms with Crippen LogP contribution >= 0.6 is 0 Å².